The summed E-state index contributed by atoms with van der Waals surface area (Å²) in [5.74, 6) is 0.923. The Morgan fingerprint density at radius 1 is 1.12 bits per heavy atom. The predicted molar refractivity (Wildman–Crippen MR) is 103 cm³/mol. The molecule has 5 heteroatoms. The molecule has 0 aliphatic rings. The van der Waals surface area contributed by atoms with Crippen LogP contribution in [-0.4, -0.2) is 22.7 Å². The summed E-state index contributed by atoms with van der Waals surface area (Å²) < 4.78 is 5.74. The summed E-state index contributed by atoms with van der Waals surface area (Å²) in [4.78, 5) is 17.8. The second-order valence-corrected chi connectivity index (χ2v) is 6.85. The molecule has 3 aromatic rings. The number of ether oxygens (including phenoxy) is 1. The van der Waals surface area contributed by atoms with Crippen molar-refractivity contribution in [2.75, 3.05) is 11.1 Å². The molecule has 1 N–H and O–H groups in total. The second kappa shape index (κ2) is 8.03. The number of nitrogens with one attached hydrogen (secondary N) is 1. The van der Waals surface area contributed by atoms with Gasteiger partial charge in [0.1, 0.15) is 5.75 Å². The van der Waals surface area contributed by atoms with Crippen molar-refractivity contribution in [2.45, 2.75) is 24.8 Å². The standard InChI is InChI=1S/C20H20N2O2S/c1-14(2)24-17-10-4-3-9-16(17)22-19(23)13-25-18-11-5-7-15-8-6-12-21-20(15)18/h3-12,14H,13H2,1-2H3,(H,22,23). The Bertz CT molecular complexity index is 875. The zero-order valence-corrected chi connectivity index (χ0v) is 15.0. The van der Waals surface area contributed by atoms with Crippen molar-refractivity contribution in [1.29, 1.82) is 0 Å². The normalized spacial score (nSPS) is 10.8. The zero-order valence-electron chi connectivity index (χ0n) is 14.2. The third kappa shape index (κ3) is 4.51. The fraction of sp³-hybridized carbons (Fsp3) is 0.200. The molecule has 0 radical (unpaired) electrons. The molecule has 128 valence electrons. The molecule has 1 aromatic heterocycles. The third-order valence-corrected chi connectivity index (χ3v) is 4.53. The third-order valence-electron chi connectivity index (χ3n) is 3.48. The van der Waals surface area contributed by atoms with Crippen molar-refractivity contribution in [3.05, 3.63) is 60.8 Å². The van der Waals surface area contributed by atoms with Crippen molar-refractivity contribution >= 4 is 34.3 Å². The van der Waals surface area contributed by atoms with E-state index in [0.717, 1.165) is 15.8 Å². The van der Waals surface area contributed by atoms with E-state index in [9.17, 15) is 4.79 Å². The number of carbonyl (C=O) groups excluding carboxylic acids is 1. The number of anilines is 1. The minimum atomic E-state index is -0.0715. The van der Waals surface area contributed by atoms with E-state index >= 15 is 0 Å². The monoisotopic (exact) mass is 352 g/mol. The number of nitrogens with zero attached hydrogens (tertiary/aromatic N) is 1. The molecule has 3 rings (SSSR count). The van der Waals surface area contributed by atoms with Crippen LogP contribution >= 0.6 is 11.8 Å². The lowest BCUT2D eigenvalue weighted by Crippen LogP contribution is -2.16. The van der Waals surface area contributed by atoms with Gasteiger partial charge in [0, 0.05) is 16.5 Å². The molecule has 0 spiro atoms. The first-order valence-corrected chi connectivity index (χ1v) is 9.14. The maximum absolute atomic E-state index is 12.4. The average molecular weight is 352 g/mol. The van der Waals surface area contributed by atoms with E-state index in [2.05, 4.69) is 10.3 Å². The van der Waals surface area contributed by atoms with Gasteiger partial charge in [-0.2, -0.15) is 0 Å². The van der Waals surface area contributed by atoms with E-state index in [-0.39, 0.29) is 12.0 Å². The highest BCUT2D eigenvalue weighted by Gasteiger charge is 2.10. The number of amides is 1. The molecule has 25 heavy (non-hydrogen) atoms. The van der Waals surface area contributed by atoms with Gasteiger partial charge in [-0.15, -0.1) is 11.8 Å². The molecule has 0 aliphatic carbocycles. The maximum atomic E-state index is 12.4. The summed E-state index contributed by atoms with van der Waals surface area (Å²) in [6, 6.07) is 17.4. The Morgan fingerprint density at radius 2 is 1.92 bits per heavy atom. The molecule has 0 saturated carbocycles. The largest absolute Gasteiger partial charge is 0.489 e. The number of para-hydroxylation sites is 3. The maximum Gasteiger partial charge on any atom is 0.234 e. The molecule has 0 fully saturated rings. The first-order valence-electron chi connectivity index (χ1n) is 8.15. The van der Waals surface area contributed by atoms with Gasteiger partial charge in [-0.3, -0.25) is 9.78 Å². The Hall–Kier alpha value is -2.53. The van der Waals surface area contributed by atoms with Crippen LogP contribution in [0.4, 0.5) is 5.69 Å². The van der Waals surface area contributed by atoms with Crippen LogP contribution in [0.15, 0.2) is 65.7 Å². The summed E-state index contributed by atoms with van der Waals surface area (Å²) in [6.45, 7) is 3.92. The number of rotatable bonds is 6. The molecule has 1 amide bonds. The number of pyridine rings is 1. The van der Waals surface area contributed by atoms with Crippen molar-refractivity contribution in [3.8, 4) is 5.75 Å². The van der Waals surface area contributed by atoms with Gasteiger partial charge in [0.05, 0.1) is 23.1 Å². The number of thioether (sulfide) groups is 1. The minimum absolute atomic E-state index is 0.0502. The van der Waals surface area contributed by atoms with Crippen LogP contribution in [0, 0.1) is 0 Å². The highest BCUT2D eigenvalue weighted by molar-refractivity contribution is 8.00. The SMILES string of the molecule is CC(C)Oc1ccccc1NC(=O)CSc1cccc2cccnc12. The van der Waals surface area contributed by atoms with E-state index in [1.165, 1.54) is 11.8 Å². The Balaban J connectivity index is 1.67. The molecule has 0 saturated heterocycles. The van der Waals surface area contributed by atoms with Gasteiger partial charge in [-0.1, -0.05) is 30.3 Å². The number of hydrogen-bond donors (Lipinski definition) is 1. The van der Waals surface area contributed by atoms with Crippen LogP contribution < -0.4 is 10.1 Å². The van der Waals surface area contributed by atoms with Crippen LogP contribution in [0.3, 0.4) is 0 Å². The summed E-state index contributed by atoms with van der Waals surface area (Å²) >= 11 is 1.48. The molecular formula is C20H20N2O2S. The molecule has 0 atom stereocenters. The van der Waals surface area contributed by atoms with Gasteiger partial charge in [0.15, 0.2) is 0 Å². The number of benzene rings is 2. The summed E-state index contributed by atoms with van der Waals surface area (Å²) in [7, 11) is 0. The molecule has 4 nitrogen and oxygen atoms in total. The summed E-state index contributed by atoms with van der Waals surface area (Å²) in [5.41, 5.74) is 1.61. The molecule has 0 bridgehead atoms. The van der Waals surface area contributed by atoms with E-state index < -0.39 is 0 Å². The van der Waals surface area contributed by atoms with Gasteiger partial charge in [-0.05, 0) is 38.1 Å². The fourth-order valence-electron chi connectivity index (χ4n) is 2.45. The van der Waals surface area contributed by atoms with Crippen LogP contribution in [0.1, 0.15) is 13.8 Å². The van der Waals surface area contributed by atoms with Crippen LogP contribution in [-0.2, 0) is 4.79 Å². The smallest absolute Gasteiger partial charge is 0.234 e. The highest BCUT2D eigenvalue weighted by Crippen LogP contribution is 2.28. The quantitative estimate of drug-likeness (QED) is 0.650. The fourth-order valence-corrected chi connectivity index (χ4v) is 3.29. The van der Waals surface area contributed by atoms with Gasteiger partial charge in [0.2, 0.25) is 5.91 Å². The van der Waals surface area contributed by atoms with E-state index in [4.69, 9.17) is 4.74 Å². The number of carbonyl (C=O) groups is 1. The number of aromatic nitrogens is 1. The van der Waals surface area contributed by atoms with Gasteiger partial charge < -0.3 is 10.1 Å². The number of fused-ring (bicyclic) bond motifs is 1. The molecular weight excluding hydrogens is 332 g/mol. The lowest BCUT2D eigenvalue weighted by Gasteiger charge is -2.14. The first kappa shape index (κ1) is 17.3. The van der Waals surface area contributed by atoms with E-state index in [0.29, 0.717) is 17.2 Å². The molecule has 1 heterocycles. The topological polar surface area (TPSA) is 51.2 Å². The van der Waals surface area contributed by atoms with Gasteiger partial charge >= 0.3 is 0 Å². The van der Waals surface area contributed by atoms with Crippen molar-refractivity contribution in [3.63, 3.8) is 0 Å². The highest BCUT2D eigenvalue weighted by atomic mass is 32.2. The lowest BCUT2D eigenvalue weighted by molar-refractivity contribution is -0.113. The average Bonchev–Trinajstić information content (AvgIpc) is 2.61. The van der Waals surface area contributed by atoms with Crippen LogP contribution in [0.2, 0.25) is 0 Å². The van der Waals surface area contributed by atoms with E-state index in [1.807, 2.05) is 68.4 Å². The van der Waals surface area contributed by atoms with Gasteiger partial charge in [0.25, 0.3) is 0 Å². The second-order valence-electron chi connectivity index (χ2n) is 5.83. The lowest BCUT2D eigenvalue weighted by atomic mass is 10.2. The van der Waals surface area contributed by atoms with Crippen molar-refractivity contribution in [2.24, 2.45) is 0 Å². The Morgan fingerprint density at radius 3 is 2.76 bits per heavy atom. The Labute approximate surface area is 151 Å². The zero-order chi connectivity index (χ0) is 17.6. The van der Waals surface area contributed by atoms with Crippen molar-refractivity contribution in [1.82, 2.24) is 4.98 Å². The summed E-state index contributed by atoms with van der Waals surface area (Å²) in [6.07, 6.45) is 1.82. The molecule has 0 aliphatic heterocycles. The van der Waals surface area contributed by atoms with Gasteiger partial charge in [-0.25, -0.2) is 0 Å². The minimum Gasteiger partial charge on any atom is -0.489 e. The summed E-state index contributed by atoms with van der Waals surface area (Å²) in [5, 5.41) is 4.00. The molecule has 0 unspecified atom stereocenters. The molecule has 2 aromatic carbocycles. The first-order chi connectivity index (χ1) is 12.1. The predicted octanol–water partition coefficient (Wildman–Crippen LogP) is 4.75. The van der Waals surface area contributed by atoms with E-state index in [1.54, 1.807) is 6.20 Å². The van der Waals surface area contributed by atoms with Crippen molar-refractivity contribution < 1.29 is 9.53 Å². The van der Waals surface area contributed by atoms with Crippen LogP contribution in [0.25, 0.3) is 10.9 Å². The Kier molecular flexibility index (Phi) is 5.56. The van der Waals surface area contributed by atoms with Crippen LogP contribution in [0.5, 0.6) is 5.75 Å². The number of hydrogen-bond acceptors (Lipinski definition) is 4.